The van der Waals surface area contributed by atoms with Crippen molar-refractivity contribution in [2.24, 2.45) is 0 Å². The number of aromatic nitrogens is 2. The van der Waals surface area contributed by atoms with E-state index in [1.807, 2.05) is 0 Å². The van der Waals surface area contributed by atoms with Crippen molar-refractivity contribution in [1.82, 2.24) is 9.61 Å². The maximum Gasteiger partial charge on any atom is 0.511 e. The molecule has 0 saturated heterocycles. The van der Waals surface area contributed by atoms with E-state index in [-0.39, 0.29) is 17.3 Å². The van der Waals surface area contributed by atoms with Gasteiger partial charge in [0.25, 0.3) is 0 Å². The summed E-state index contributed by atoms with van der Waals surface area (Å²) in [6.45, 7) is 2.67. The van der Waals surface area contributed by atoms with Gasteiger partial charge in [0.2, 0.25) is 5.88 Å². The number of hydrogen-bond donors (Lipinski definition) is 1. The van der Waals surface area contributed by atoms with Gasteiger partial charge in [0.15, 0.2) is 17.4 Å². The van der Waals surface area contributed by atoms with Gasteiger partial charge in [-0.05, 0) is 37.6 Å². The summed E-state index contributed by atoms with van der Waals surface area (Å²) in [4.78, 5) is 10.8. The number of halogens is 3. The third-order valence-electron chi connectivity index (χ3n) is 3.66. The molecule has 6 nitrogen and oxygen atoms in total. The van der Waals surface area contributed by atoms with Gasteiger partial charge in [-0.2, -0.15) is 9.61 Å². The Bertz CT molecular complexity index is 1020. The molecule has 0 amide bonds. The molecular formula is C17H13F3N2O4. The van der Waals surface area contributed by atoms with Gasteiger partial charge in [0.1, 0.15) is 23.6 Å². The lowest BCUT2D eigenvalue weighted by Gasteiger charge is -2.11. The lowest BCUT2D eigenvalue weighted by atomic mass is 10.2. The van der Waals surface area contributed by atoms with Gasteiger partial charge in [-0.25, -0.2) is 18.0 Å². The first-order valence-corrected chi connectivity index (χ1v) is 7.44. The number of ether oxygens (including phenoxy) is 2. The van der Waals surface area contributed by atoms with Crippen molar-refractivity contribution < 1.29 is 32.5 Å². The molecule has 1 N–H and O–H groups in total. The molecule has 2 heterocycles. The summed E-state index contributed by atoms with van der Waals surface area (Å²) in [6.07, 6.45) is -1.50. The van der Waals surface area contributed by atoms with Gasteiger partial charge in [0, 0.05) is 6.07 Å². The zero-order valence-electron chi connectivity index (χ0n) is 13.7. The van der Waals surface area contributed by atoms with Crippen LogP contribution >= 0.6 is 0 Å². The number of nitrogens with zero attached hydrogens (tertiary/aromatic N) is 2. The van der Waals surface area contributed by atoms with E-state index in [9.17, 15) is 18.0 Å². The van der Waals surface area contributed by atoms with E-state index >= 15 is 0 Å². The quantitative estimate of drug-likeness (QED) is 0.558. The van der Waals surface area contributed by atoms with Gasteiger partial charge >= 0.3 is 6.16 Å². The molecule has 0 bridgehead atoms. The van der Waals surface area contributed by atoms with E-state index in [4.69, 9.17) is 14.6 Å². The standard InChI is InChI=1S/C17H13F3N2O4/c1-8-5-13-16(26-17(23)24)9(2)21-22(13)14(6-8)25-7-10-11(18)3-4-12(19)15(10)20/h3-6H,7H2,1-2H3,(H,23,24). The predicted molar refractivity (Wildman–Crippen MR) is 84.0 cm³/mol. The second-order valence-electron chi connectivity index (χ2n) is 5.56. The number of rotatable bonds is 4. The lowest BCUT2D eigenvalue weighted by Crippen LogP contribution is -2.07. The van der Waals surface area contributed by atoms with E-state index < -0.39 is 35.8 Å². The van der Waals surface area contributed by atoms with Crippen LogP contribution in [0.2, 0.25) is 0 Å². The van der Waals surface area contributed by atoms with Crippen LogP contribution in [-0.2, 0) is 6.61 Å². The Kier molecular flexibility index (Phi) is 4.45. The molecule has 0 radical (unpaired) electrons. The van der Waals surface area contributed by atoms with Crippen LogP contribution in [0.25, 0.3) is 5.52 Å². The van der Waals surface area contributed by atoms with Crippen molar-refractivity contribution in [3.05, 3.63) is 58.5 Å². The molecule has 0 aliphatic heterocycles. The monoisotopic (exact) mass is 366 g/mol. The van der Waals surface area contributed by atoms with E-state index in [2.05, 4.69) is 5.10 Å². The maximum absolute atomic E-state index is 13.8. The van der Waals surface area contributed by atoms with Gasteiger partial charge in [0.05, 0.1) is 5.56 Å². The lowest BCUT2D eigenvalue weighted by molar-refractivity contribution is 0.144. The summed E-state index contributed by atoms with van der Waals surface area (Å²) in [7, 11) is 0. The molecule has 3 rings (SSSR count). The number of benzene rings is 1. The largest absolute Gasteiger partial charge is 0.511 e. The Morgan fingerprint density at radius 2 is 1.88 bits per heavy atom. The third kappa shape index (κ3) is 3.15. The average molecular weight is 366 g/mol. The zero-order chi connectivity index (χ0) is 19.0. The van der Waals surface area contributed by atoms with Crippen molar-refractivity contribution >= 4 is 11.7 Å². The van der Waals surface area contributed by atoms with Gasteiger partial charge in [-0.15, -0.1) is 0 Å². The van der Waals surface area contributed by atoms with Crippen LogP contribution in [0.15, 0.2) is 24.3 Å². The van der Waals surface area contributed by atoms with Crippen molar-refractivity contribution in [3.8, 4) is 11.6 Å². The van der Waals surface area contributed by atoms with E-state index in [0.717, 1.165) is 6.07 Å². The minimum Gasteiger partial charge on any atom is -0.473 e. The van der Waals surface area contributed by atoms with Gasteiger partial charge < -0.3 is 14.6 Å². The fourth-order valence-electron chi connectivity index (χ4n) is 2.50. The van der Waals surface area contributed by atoms with Crippen LogP contribution in [0.4, 0.5) is 18.0 Å². The Hall–Kier alpha value is -3.23. The summed E-state index contributed by atoms with van der Waals surface area (Å²) in [5.41, 5.74) is 0.694. The van der Waals surface area contributed by atoms with Crippen LogP contribution in [0.5, 0.6) is 11.6 Å². The molecule has 0 saturated carbocycles. The minimum atomic E-state index is -1.50. The molecular weight excluding hydrogens is 353 g/mol. The molecule has 0 aliphatic carbocycles. The fourth-order valence-corrected chi connectivity index (χ4v) is 2.50. The zero-order valence-corrected chi connectivity index (χ0v) is 13.7. The fraction of sp³-hybridized carbons (Fsp3) is 0.176. The molecule has 3 aromatic rings. The molecule has 0 spiro atoms. The number of carbonyl (C=O) groups is 1. The normalized spacial score (nSPS) is 11.0. The highest BCUT2D eigenvalue weighted by atomic mass is 19.2. The summed E-state index contributed by atoms with van der Waals surface area (Å²) in [5, 5.41) is 13.0. The highest BCUT2D eigenvalue weighted by Gasteiger charge is 2.19. The van der Waals surface area contributed by atoms with E-state index in [1.54, 1.807) is 19.1 Å². The summed E-state index contributed by atoms with van der Waals surface area (Å²) < 4.78 is 52.2. The first kappa shape index (κ1) is 17.6. The first-order chi connectivity index (χ1) is 12.3. The number of pyridine rings is 1. The number of carboxylic acid groups (broad SMARTS) is 1. The highest BCUT2D eigenvalue weighted by Crippen LogP contribution is 2.30. The minimum absolute atomic E-state index is 0.0224. The van der Waals surface area contributed by atoms with E-state index in [1.165, 1.54) is 11.4 Å². The summed E-state index contributed by atoms with van der Waals surface area (Å²) >= 11 is 0. The molecule has 0 aliphatic rings. The number of fused-ring (bicyclic) bond motifs is 1. The van der Waals surface area contributed by atoms with Crippen molar-refractivity contribution in [3.63, 3.8) is 0 Å². The number of hydrogen-bond acceptors (Lipinski definition) is 4. The predicted octanol–water partition coefficient (Wildman–Crippen LogP) is 4.00. The molecule has 26 heavy (non-hydrogen) atoms. The van der Waals surface area contributed by atoms with Crippen LogP contribution in [0.3, 0.4) is 0 Å². The van der Waals surface area contributed by atoms with Gasteiger partial charge in [-0.1, -0.05) is 0 Å². The highest BCUT2D eigenvalue weighted by molar-refractivity contribution is 5.71. The Morgan fingerprint density at radius 1 is 1.19 bits per heavy atom. The second-order valence-corrected chi connectivity index (χ2v) is 5.56. The summed E-state index contributed by atoms with van der Waals surface area (Å²) in [5.74, 6) is -3.35. The average Bonchev–Trinajstić information content (AvgIpc) is 2.87. The maximum atomic E-state index is 13.8. The van der Waals surface area contributed by atoms with Crippen molar-refractivity contribution in [1.29, 1.82) is 0 Å². The molecule has 0 unspecified atom stereocenters. The first-order valence-electron chi connectivity index (χ1n) is 7.44. The Balaban J connectivity index is 2.01. The second kappa shape index (κ2) is 6.58. The molecule has 1 aromatic carbocycles. The summed E-state index contributed by atoms with van der Waals surface area (Å²) in [6, 6.07) is 4.65. The van der Waals surface area contributed by atoms with Crippen molar-refractivity contribution in [2.45, 2.75) is 20.5 Å². The number of aryl methyl sites for hydroxylation is 2. The molecule has 2 aromatic heterocycles. The molecule has 9 heteroatoms. The van der Waals surface area contributed by atoms with Crippen molar-refractivity contribution in [2.75, 3.05) is 0 Å². The van der Waals surface area contributed by atoms with Gasteiger partial charge in [-0.3, -0.25) is 0 Å². The Labute approximate surface area is 145 Å². The van der Waals surface area contributed by atoms with E-state index in [0.29, 0.717) is 17.1 Å². The molecule has 0 fully saturated rings. The smallest absolute Gasteiger partial charge is 0.473 e. The Morgan fingerprint density at radius 3 is 2.58 bits per heavy atom. The topological polar surface area (TPSA) is 73.1 Å². The van der Waals surface area contributed by atoms with Crippen LogP contribution < -0.4 is 9.47 Å². The van der Waals surface area contributed by atoms with Crippen LogP contribution in [0.1, 0.15) is 16.8 Å². The molecule has 0 atom stereocenters. The molecule has 136 valence electrons. The third-order valence-corrected chi connectivity index (χ3v) is 3.66. The van der Waals surface area contributed by atoms with Crippen LogP contribution in [-0.4, -0.2) is 20.9 Å². The SMILES string of the molecule is Cc1cc(OCc2c(F)ccc(F)c2F)n2nc(C)c(OC(=O)O)c2c1. The van der Waals surface area contributed by atoms with Crippen LogP contribution in [0, 0.1) is 31.3 Å².